The van der Waals surface area contributed by atoms with Crippen LogP contribution in [-0.4, -0.2) is 21.9 Å². The summed E-state index contributed by atoms with van der Waals surface area (Å²) in [6.45, 7) is 4.82. The number of aryl methyl sites for hydroxylation is 1. The first-order chi connectivity index (χ1) is 11.6. The minimum Gasteiger partial charge on any atom is -0.462 e. The molecule has 1 aromatic heterocycles. The summed E-state index contributed by atoms with van der Waals surface area (Å²) in [5, 5.41) is 0. The molecule has 5 nitrogen and oxygen atoms in total. The van der Waals surface area contributed by atoms with Crippen molar-refractivity contribution in [3.8, 4) is 5.69 Å². The maximum Gasteiger partial charge on any atom is 0.345 e. The Balaban J connectivity index is 2.39. The van der Waals surface area contributed by atoms with Crippen LogP contribution in [0, 0.1) is 0 Å². The monoisotopic (exact) mass is 394 g/mol. The number of ether oxygens (including phenoxy) is 1. The molecule has 0 saturated carbocycles. The zero-order valence-electron chi connectivity index (χ0n) is 14.1. The summed E-state index contributed by atoms with van der Waals surface area (Å²) in [5.74, 6) is -0.569. The van der Waals surface area contributed by atoms with Crippen LogP contribution < -0.4 is 5.56 Å². The lowest BCUT2D eigenvalue weighted by Crippen LogP contribution is -2.24. The van der Waals surface area contributed by atoms with Crippen LogP contribution in [0.3, 0.4) is 0 Å². The summed E-state index contributed by atoms with van der Waals surface area (Å²) in [6, 6.07) is 7.45. The maximum absolute atomic E-state index is 12.7. The molecule has 0 bridgehead atoms. The van der Waals surface area contributed by atoms with E-state index in [0.29, 0.717) is 6.54 Å². The molecule has 0 saturated heterocycles. The number of esters is 1. The molecule has 0 fully saturated rings. The summed E-state index contributed by atoms with van der Waals surface area (Å²) in [6.07, 6.45) is 5.97. The Kier molecular flexibility index (Phi) is 6.85. The number of benzene rings is 1. The molecule has 0 spiro atoms. The van der Waals surface area contributed by atoms with E-state index in [1.807, 2.05) is 28.9 Å². The van der Waals surface area contributed by atoms with Gasteiger partial charge in [-0.15, -0.1) is 0 Å². The number of carbonyl (C=O) groups excluding carboxylic acids is 1. The average Bonchev–Trinajstić information content (AvgIpc) is 2.89. The fraction of sp³-hybridized carbons (Fsp3) is 0.444. The lowest BCUT2D eigenvalue weighted by atomic mass is 10.2. The van der Waals surface area contributed by atoms with Crippen LogP contribution in [0.15, 0.2) is 39.7 Å². The molecular weight excluding hydrogens is 372 g/mol. The van der Waals surface area contributed by atoms with Gasteiger partial charge in [0, 0.05) is 17.2 Å². The standard InChI is InChI=1S/C18H23BrN2O3/c1-3-5-6-7-12-20-13-16(18(23)24-4-2)17(22)21(20)15-10-8-14(19)9-11-15/h8-11,13H,3-7,12H2,1-2H3. The van der Waals surface area contributed by atoms with Gasteiger partial charge in [0.05, 0.1) is 12.3 Å². The Morgan fingerprint density at radius 1 is 1.12 bits per heavy atom. The first-order valence-corrected chi connectivity index (χ1v) is 9.13. The molecule has 0 atom stereocenters. The summed E-state index contributed by atoms with van der Waals surface area (Å²) in [7, 11) is 0. The van der Waals surface area contributed by atoms with Gasteiger partial charge in [-0.1, -0.05) is 42.1 Å². The molecule has 0 aliphatic rings. The van der Waals surface area contributed by atoms with Gasteiger partial charge in [0.1, 0.15) is 5.56 Å². The second kappa shape index (κ2) is 8.87. The van der Waals surface area contributed by atoms with Crippen molar-refractivity contribution >= 4 is 21.9 Å². The minimum atomic E-state index is -0.569. The topological polar surface area (TPSA) is 53.2 Å². The van der Waals surface area contributed by atoms with Gasteiger partial charge in [0.2, 0.25) is 0 Å². The molecule has 2 rings (SSSR count). The number of aromatic nitrogens is 2. The lowest BCUT2D eigenvalue weighted by molar-refractivity contribution is 0.0524. The van der Waals surface area contributed by atoms with Crippen molar-refractivity contribution in [3.05, 3.63) is 50.9 Å². The first kappa shape index (κ1) is 18.5. The van der Waals surface area contributed by atoms with Gasteiger partial charge in [-0.25, -0.2) is 9.48 Å². The second-order valence-electron chi connectivity index (χ2n) is 5.58. The third-order valence-electron chi connectivity index (χ3n) is 3.77. The molecule has 0 N–H and O–H groups in total. The van der Waals surface area contributed by atoms with E-state index < -0.39 is 5.97 Å². The lowest BCUT2D eigenvalue weighted by Gasteiger charge is -2.11. The third-order valence-corrected chi connectivity index (χ3v) is 4.29. The SMILES string of the molecule is CCCCCCn1cc(C(=O)OCC)c(=O)n1-c1ccc(Br)cc1. The van der Waals surface area contributed by atoms with Crippen LogP contribution in [0.25, 0.3) is 5.69 Å². The van der Waals surface area contributed by atoms with Crippen LogP contribution in [0.2, 0.25) is 0 Å². The third kappa shape index (κ3) is 4.38. The smallest absolute Gasteiger partial charge is 0.345 e. The summed E-state index contributed by atoms with van der Waals surface area (Å²) in [5.41, 5.74) is 0.468. The molecule has 2 aromatic rings. The van der Waals surface area contributed by atoms with Crippen molar-refractivity contribution in [3.63, 3.8) is 0 Å². The number of nitrogens with zero attached hydrogens (tertiary/aromatic N) is 2. The average molecular weight is 395 g/mol. The van der Waals surface area contributed by atoms with E-state index in [1.54, 1.807) is 17.8 Å². The number of hydrogen-bond acceptors (Lipinski definition) is 3. The van der Waals surface area contributed by atoms with Gasteiger partial charge in [0.15, 0.2) is 0 Å². The number of unbranched alkanes of at least 4 members (excludes halogenated alkanes) is 3. The molecule has 130 valence electrons. The molecule has 1 heterocycles. The van der Waals surface area contributed by atoms with Crippen LogP contribution in [-0.2, 0) is 11.3 Å². The van der Waals surface area contributed by atoms with Crippen LogP contribution in [0.1, 0.15) is 49.9 Å². The largest absolute Gasteiger partial charge is 0.462 e. The zero-order chi connectivity index (χ0) is 17.5. The van der Waals surface area contributed by atoms with Gasteiger partial charge in [0.25, 0.3) is 5.56 Å². The molecule has 0 aliphatic carbocycles. The Morgan fingerprint density at radius 3 is 2.46 bits per heavy atom. The predicted molar refractivity (Wildman–Crippen MR) is 97.8 cm³/mol. The van der Waals surface area contributed by atoms with E-state index in [4.69, 9.17) is 4.74 Å². The normalized spacial score (nSPS) is 10.8. The van der Waals surface area contributed by atoms with E-state index in [0.717, 1.165) is 35.8 Å². The molecule has 0 aliphatic heterocycles. The van der Waals surface area contributed by atoms with E-state index in [9.17, 15) is 9.59 Å². The van der Waals surface area contributed by atoms with Crippen molar-refractivity contribution in [1.82, 2.24) is 9.36 Å². The summed E-state index contributed by atoms with van der Waals surface area (Å²) < 4.78 is 9.30. The molecule has 24 heavy (non-hydrogen) atoms. The Morgan fingerprint density at radius 2 is 1.83 bits per heavy atom. The number of carbonyl (C=O) groups is 1. The fourth-order valence-corrected chi connectivity index (χ4v) is 2.82. The quantitative estimate of drug-likeness (QED) is 0.498. The molecule has 0 amide bonds. The summed E-state index contributed by atoms with van der Waals surface area (Å²) >= 11 is 3.39. The first-order valence-electron chi connectivity index (χ1n) is 8.34. The Labute approximate surface area is 150 Å². The van der Waals surface area contributed by atoms with Gasteiger partial charge in [-0.05, 0) is 37.6 Å². The summed E-state index contributed by atoms with van der Waals surface area (Å²) in [4.78, 5) is 24.7. The molecule has 6 heteroatoms. The number of rotatable bonds is 8. The molecule has 0 radical (unpaired) electrons. The van der Waals surface area contributed by atoms with Gasteiger partial charge < -0.3 is 4.74 Å². The molecular formula is C18H23BrN2O3. The highest BCUT2D eigenvalue weighted by atomic mass is 79.9. The second-order valence-corrected chi connectivity index (χ2v) is 6.50. The fourth-order valence-electron chi connectivity index (χ4n) is 2.55. The maximum atomic E-state index is 12.7. The highest BCUT2D eigenvalue weighted by Gasteiger charge is 2.19. The molecule has 1 aromatic carbocycles. The van der Waals surface area contributed by atoms with E-state index in [2.05, 4.69) is 22.9 Å². The van der Waals surface area contributed by atoms with Crippen molar-refractivity contribution in [2.24, 2.45) is 0 Å². The van der Waals surface area contributed by atoms with Gasteiger partial charge in [-0.2, -0.15) is 0 Å². The Bertz CT molecular complexity index is 732. The van der Waals surface area contributed by atoms with Gasteiger partial charge in [-0.3, -0.25) is 9.48 Å². The van der Waals surface area contributed by atoms with Crippen molar-refractivity contribution in [2.45, 2.75) is 46.1 Å². The van der Waals surface area contributed by atoms with Crippen LogP contribution >= 0.6 is 15.9 Å². The van der Waals surface area contributed by atoms with E-state index in [1.165, 1.54) is 0 Å². The zero-order valence-corrected chi connectivity index (χ0v) is 15.7. The van der Waals surface area contributed by atoms with Gasteiger partial charge >= 0.3 is 5.97 Å². The predicted octanol–water partition coefficient (Wildman–Crippen LogP) is 4.16. The van der Waals surface area contributed by atoms with E-state index in [-0.39, 0.29) is 17.7 Å². The molecule has 0 unspecified atom stereocenters. The minimum absolute atomic E-state index is 0.0789. The highest BCUT2D eigenvalue weighted by molar-refractivity contribution is 9.10. The van der Waals surface area contributed by atoms with Crippen molar-refractivity contribution < 1.29 is 9.53 Å². The number of hydrogen-bond donors (Lipinski definition) is 0. The van der Waals surface area contributed by atoms with Crippen molar-refractivity contribution in [1.29, 1.82) is 0 Å². The van der Waals surface area contributed by atoms with Crippen molar-refractivity contribution in [2.75, 3.05) is 6.61 Å². The van der Waals surface area contributed by atoms with E-state index >= 15 is 0 Å². The highest BCUT2D eigenvalue weighted by Crippen LogP contribution is 2.14. The van der Waals surface area contributed by atoms with Crippen LogP contribution in [0.4, 0.5) is 0 Å². The Hall–Kier alpha value is -1.82. The van der Waals surface area contributed by atoms with Crippen LogP contribution in [0.5, 0.6) is 0 Å². The number of halogens is 1.